The summed E-state index contributed by atoms with van der Waals surface area (Å²) in [6.45, 7) is 6.13. The maximum atomic E-state index is 12.7. The van der Waals surface area contributed by atoms with Crippen molar-refractivity contribution in [3.63, 3.8) is 0 Å². The Morgan fingerprint density at radius 3 is 2.67 bits per heavy atom. The average Bonchev–Trinajstić information content (AvgIpc) is 2.90. The number of rotatable bonds is 3. The molecule has 2 aromatic heterocycles. The summed E-state index contributed by atoms with van der Waals surface area (Å²) in [4.78, 5) is 29.5. The molecule has 0 saturated carbocycles. The molecule has 1 N–H and O–H groups in total. The SMILES string of the molecule is CCn1c(NC(=O)c2c(C)c(C)nn(C)c2=O)nc2ccccc21. The number of benzene rings is 1. The minimum atomic E-state index is -0.469. The van der Waals surface area contributed by atoms with Gasteiger partial charge in [0.25, 0.3) is 11.5 Å². The zero-order valence-electron chi connectivity index (χ0n) is 14.1. The molecular formula is C17H19N5O2. The van der Waals surface area contributed by atoms with Crippen LogP contribution in [0.4, 0.5) is 5.95 Å². The third-order valence-electron chi connectivity index (χ3n) is 4.15. The molecule has 1 aromatic carbocycles. The standard InChI is InChI=1S/C17H19N5O2/c1-5-22-13-9-7-6-8-12(13)18-17(22)19-15(23)14-10(2)11(3)20-21(4)16(14)24/h6-9H,5H2,1-4H3,(H,18,19,23). The van der Waals surface area contributed by atoms with Gasteiger partial charge in [-0.2, -0.15) is 5.10 Å². The molecule has 0 bridgehead atoms. The zero-order valence-corrected chi connectivity index (χ0v) is 14.1. The highest BCUT2D eigenvalue weighted by Crippen LogP contribution is 2.20. The second kappa shape index (κ2) is 5.92. The van der Waals surface area contributed by atoms with E-state index in [0.717, 1.165) is 11.0 Å². The van der Waals surface area contributed by atoms with Crippen molar-refractivity contribution < 1.29 is 4.79 Å². The Bertz CT molecular complexity index is 1000. The summed E-state index contributed by atoms with van der Waals surface area (Å²) in [6.07, 6.45) is 0. The van der Waals surface area contributed by atoms with E-state index in [1.165, 1.54) is 11.7 Å². The Morgan fingerprint density at radius 2 is 1.96 bits per heavy atom. The molecule has 3 aromatic rings. The molecule has 0 aliphatic rings. The van der Waals surface area contributed by atoms with Gasteiger partial charge >= 0.3 is 0 Å². The fourth-order valence-electron chi connectivity index (χ4n) is 2.77. The minimum absolute atomic E-state index is 0.0970. The number of nitrogens with one attached hydrogen (secondary N) is 1. The van der Waals surface area contributed by atoms with Crippen LogP contribution in [0.1, 0.15) is 28.5 Å². The number of aryl methyl sites for hydroxylation is 3. The van der Waals surface area contributed by atoms with E-state index in [9.17, 15) is 9.59 Å². The molecule has 24 heavy (non-hydrogen) atoms. The number of imidazole rings is 1. The van der Waals surface area contributed by atoms with Crippen molar-refractivity contribution in [2.45, 2.75) is 27.3 Å². The molecule has 0 unspecified atom stereocenters. The van der Waals surface area contributed by atoms with E-state index in [2.05, 4.69) is 15.4 Å². The van der Waals surface area contributed by atoms with Gasteiger partial charge in [-0.25, -0.2) is 9.67 Å². The molecular weight excluding hydrogens is 306 g/mol. The monoisotopic (exact) mass is 325 g/mol. The highest BCUT2D eigenvalue weighted by Gasteiger charge is 2.20. The Hall–Kier alpha value is -2.96. The van der Waals surface area contributed by atoms with E-state index < -0.39 is 11.5 Å². The molecule has 0 atom stereocenters. The van der Waals surface area contributed by atoms with Crippen LogP contribution >= 0.6 is 0 Å². The molecule has 0 fully saturated rings. The Balaban J connectivity index is 2.07. The predicted molar refractivity (Wildman–Crippen MR) is 92.3 cm³/mol. The summed E-state index contributed by atoms with van der Waals surface area (Å²) < 4.78 is 3.08. The van der Waals surface area contributed by atoms with Gasteiger partial charge in [0.1, 0.15) is 5.56 Å². The van der Waals surface area contributed by atoms with Gasteiger partial charge in [0.2, 0.25) is 5.95 Å². The molecule has 0 aliphatic carbocycles. The van der Waals surface area contributed by atoms with Gasteiger partial charge in [-0.05, 0) is 38.5 Å². The normalized spacial score (nSPS) is 11.0. The van der Waals surface area contributed by atoms with Crippen molar-refractivity contribution in [2.75, 3.05) is 5.32 Å². The first-order valence-electron chi connectivity index (χ1n) is 7.75. The van der Waals surface area contributed by atoms with E-state index in [-0.39, 0.29) is 5.56 Å². The van der Waals surface area contributed by atoms with Crippen LogP contribution < -0.4 is 10.9 Å². The number of para-hydroxylation sites is 2. The summed E-state index contributed by atoms with van der Waals surface area (Å²) in [7, 11) is 1.53. The molecule has 7 heteroatoms. The van der Waals surface area contributed by atoms with E-state index in [1.54, 1.807) is 13.8 Å². The second-order valence-corrected chi connectivity index (χ2v) is 5.64. The lowest BCUT2D eigenvalue weighted by molar-refractivity contribution is 0.102. The van der Waals surface area contributed by atoms with Gasteiger partial charge in [-0.3, -0.25) is 14.9 Å². The molecule has 7 nitrogen and oxygen atoms in total. The van der Waals surface area contributed by atoms with Crippen molar-refractivity contribution >= 4 is 22.9 Å². The number of nitrogens with zero attached hydrogens (tertiary/aromatic N) is 4. The highest BCUT2D eigenvalue weighted by atomic mass is 16.2. The molecule has 1 amide bonds. The zero-order chi connectivity index (χ0) is 17.4. The Labute approximate surface area is 138 Å². The van der Waals surface area contributed by atoms with Crippen LogP contribution in [0, 0.1) is 13.8 Å². The third kappa shape index (κ3) is 2.47. The average molecular weight is 325 g/mol. The van der Waals surface area contributed by atoms with Crippen LogP contribution in [0.15, 0.2) is 29.1 Å². The summed E-state index contributed by atoms with van der Waals surface area (Å²) in [5, 5.41) is 6.87. The van der Waals surface area contributed by atoms with E-state index >= 15 is 0 Å². The number of amides is 1. The van der Waals surface area contributed by atoms with Crippen molar-refractivity contribution in [3.05, 3.63) is 51.4 Å². The topological polar surface area (TPSA) is 81.8 Å². The van der Waals surface area contributed by atoms with E-state index in [1.807, 2.05) is 35.8 Å². The molecule has 0 radical (unpaired) electrons. The molecule has 124 valence electrons. The van der Waals surface area contributed by atoms with Gasteiger partial charge < -0.3 is 4.57 Å². The van der Waals surface area contributed by atoms with Crippen LogP contribution in [-0.4, -0.2) is 25.2 Å². The second-order valence-electron chi connectivity index (χ2n) is 5.64. The molecule has 0 spiro atoms. The van der Waals surface area contributed by atoms with E-state index in [0.29, 0.717) is 23.8 Å². The third-order valence-corrected chi connectivity index (χ3v) is 4.15. The number of hydrogen-bond acceptors (Lipinski definition) is 4. The van der Waals surface area contributed by atoms with Crippen molar-refractivity contribution in [1.29, 1.82) is 0 Å². The predicted octanol–water partition coefficient (Wildman–Crippen LogP) is 2.02. The fraction of sp³-hybridized carbons (Fsp3) is 0.294. The smallest absolute Gasteiger partial charge is 0.279 e. The van der Waals surface area contributed by atoms with Crippen LogP contribution in [0.5, 0.6) is 0 Å². The number of carbonyl (C=O) groups is 1. The van der Waals surface area contributed by atoms with Gasteiger partial charge in [0.15, 0.2) is 0 Å². The first kappa shape index (κ1) is 15.9. The Kier molecular flexibility index (Phi) is 3.92. The summed E-state index contributed by atoms with van der Waals surface area (Å²) in [6, 6.07) is 7.65. The van der Waals surface area contributed by atoms with Gasteiger partial charge in [0, 0.05) is 13.6 Å². The first-order chi connectivity index (χ1) is 11.4. The largest absolute Gasteiger partial charge is 0.310 e. The number of carbonyl (C=O) groups excluding carboxylic acids is 1. The van der Waals surface area contributed by atoms with Crippen molar-refractivity contribution in [3.8, 4) is 0 Å². The molecule has 0 saturated heterocycles. The molecule has 2 heterocycles. The quantitative estimate of drug-likeness (QED) is 0.799. The lowest BCUT2D eigenvalue weighted by Gasteiger charge is -2.11. The van der Waals surface area contributed by atoms with Crippen LogP contribution in [0.25, 0.3) is 11.0 Å². The lowest BCUT2D eigenvalue weighted by Crippen LogP contribution is -2.32. The van der Waals surface area contributed by atoms with Crippen LogP contribution in [0.2, 0.25) is 0 Å². The first-order valence-corrected chi connectivity index (χ1v) is 7.75. The summed E-state index contributed by atoms with van der Waals surface area (Å²) in [5.41, 5.74) is 2.63. The fourth-order valence-corrected chi connectivity index (χ4v) is 2.77. The highest BCUT2D eigenvalue weighted by molar-refractivity contribution is 6.05. The number of hydrogen-bond donors (Lipinski definition) is 1. The molecule has 3 rings (SSSR count). The maximum absolute atomic E-state index is 12.7. The van der Waals surface area contributed by atoms with Crippen molar-refractivity contribution in [2.24, 2.45) is 7.05 Å². The van der Waals surface area contributed by atoms with Gasteiger partial charge in [-0.1, -0.05) is 12.1 Å². The summed E-state index contributed by atoms with van der Waals surface area (Å²) >= 11 is 0. The van der Waals surface area contributed by atoms with Gasteiger partial charge in [-0.15, -0.1) is 0 Å². The van der Waals surface area contributed by atoms with Crippen LogP contribution in [-0.2, 0) is 13.6 Å². The number of aromatic nitrogens is 4. The number of fused-ring (bicyclic) bond motifs is 1. The van der Waals surface area contributed by atoms with Gasteiger partial charge in [0.05, 0.1) is 16.7 Å². The minimum Gasteiger partial charge on any atom is -0.310 e. The van der Waals surface area contributed by atoms with Crippen molar-refractivity contribution in [1.82, 2.24) is 19.3 Å². The molecule has 0 aliphatic heterocycles. The lowest BCUT2D eigenvalue weighted by atomic mass is 10.1. The van der Waals surface area contributed by atoms with E-state index in [4.69, 9.17) is 0 Å². The van der Waals surface area contributed by atoms with Crippen LogP contribution in [0.3, 0.4) is 0 Å². The summed E-state index contributed by atoms with van der Waals surface area (Å²) in [5.74, 6) is -0.0387. The maximum Gasteiger partial charge on any atom is 0.279 e. The number of anilines is 1. The Morgan fingerprint density at radius 1 is 1.25 bits per heavy atom.